The maximum absolute atomic E-state index is 12.9. The van der Waals surface area contributed by atoms with E-state index in [2.05, 4.69) is 6.58 Å². The number of ether oxygens (including phenoxy) is 4. The summed E-state index contributed by atoms with van der Waals surface area (Å²) >= 11 is 6.32. The lowest BCUT2D eigenvalue weighted by atomic mass is 9.96. The Labute approximate surface area is 187 Å². The van der Waals surface area contributed by atoms with Crippen molar-refractivity contribution in [2.24, 2.45) is 0 Å². The predicted molar refractivity (Wildman–Crippen MR) is 122 cm³/mol. The van der Waals surface area contributed by atoms with Crippen LogP contribution in [0.1, 0.15) is 23.6 Å². The molecule has 164 valence electrons. The Hall–Kier alpha value is -3.12. The first-order valence-electron chi connectivity index (χ1n) is 9.87. The number of hydrogen-bond acceptors (Lipinski definition) is 5. The molecule has 0 aromatic heterocycles. The highest BCUT2D eigenvalue weighted by atomic mass is 35.5. The molecule has 0 radical (unpaired) electrons. The first-order chi connectivity index (χ1) is 14.9. The third-order valence-corrected chi connectivity index (χ3v) is 5.36. The molecule has 31 heavy (non-hydrogen) atoms. The van der Waals surface area contributed by atoms with Crippen molar-refractivity contribution in [1.82, 2.24) is 4.90 Å². The molecule has 1 amide bonds. The minimum Gasteiger partial charge on any atom is -0.493 e. The van der Waals surface area contributed by atoms with Gasteiger partial charge in [-0.1, -0.05) is 18.2 Å². The molecule has 1 aliphatic heterocycles. The first-order valence-corrected chi connectivity index (χ1v) is 10.2. The molecule has 0 unspecified atom stereocenters. The van der Waals surface area contributed by atoms with Gasteiger partial charge in [0.15, 0.2) is 23.0 Å². The van der Waals surface area contributed by atoms with Crippen LogP contribution in [-0.4, -0.2) is 45.3 Å². The van der Waals surface area contributed by atoms with Crippen molar-refractivity contribution in [1.29, 1.82) is 0 Å². The van der Waals surface area contributed by atoms with Crippen LogP contribution in [0.5, 0.6) is 23.0 Å². The van der Waals surface area contributed by atoms with Crippen molar-refractivity contribution >= 4 is 29.3 Å². The first kappa shape index (κ1) is 22.6. The van der Waals surface area contributed by atoms with E-state index in [-0.39, 0.29) is 5.91 Å². The summed E-state index contributed by atoms with van der Waals surface area (Å²) in [4.78, 5) is 14.6. The van der Waals surface area contributed by atoms with Gasteiger partial charge in [-0.15, -0.1) is 0 Å². The molecular formula is C24H26ClNO5. The van der Waals surface area contributed by atoms with Crippen molar-refractivity contribution in [2.45, 2.75) is 13.3 Å². The highest BCUT2D eigenvalue weighted by molar-refractivity contribution is 6.32. The van der Waals surface area contributed by atoms with Crippen LogP contribution in [0.2, 0.25) is 5.02 Å². The Balaban J connectivity index is 1.82. The summed E-state index contributed by atoms with van der Waals surface area (Å²) in [5, 5.41) is 0.422. The molecule has 1 aliphatic rings. The van der Waals surface area contributed by atoms with Crippen LogP contribution in [0.4, 0.5) is 0 Å². The summed E-state index contributed by atoms with van der Waals surface area (Å²) in [7, 11) is 4.73. The van der Waals surface area contributed by atoms with Crippen LogP contribution in [0, 0.1) is 0 Å². The molecule has 0 N–H and O–H groups in total. The van der Waals surface area contributed by atoms with Crippen LogP contribution in [0.3, 0.4) is 0 Å². The Kier molecular flexibility index (Phi) is 7.13. The van der Waals surface area contributed by atoms with E-state index in [1.165, 1.54) is 6.08 Å². The topological polar surface area (TPSA) is 57.2 Å². The van der Waals surface area contributed by atoms with Gasteiger partial charge < -0.3 is 23.8 Å². The number of carbonyl (C=O) groups is 1. The lowest BCUT2D eigenvalue weighted by Gasteiger charge is -2.31. The fraction of sp³-hybridized carbons (Fsp3) is 0.292. The Morgan fingerprint density at radius 1 is 1.10 bits per heavy atom. The van der Waals surface area contributed by atoms with Gasteiger partial charge in [-0.25, -0.2) is 0 Å². The summed E-state index contributed by atoms with van der Waals surface area (Å²) < 4.78 is 21.7. The second kappa shape index (κ2) is 9.79. The van der Waals surface area contributed by atoms with Gasteiger partial charge in [-0.3, -0.25) is 4.79 Å². The molecule has 2 aromatic rings. The summed E-state index contributed by atoms with van der Waals surface area (Å²) in [6.07, 6.45) is 3.89. The SMILES string of the molecule is C=C1c2cc(OC)c(OC)cc2CCN1C(=O)/C=C/c1cc(Cl)c(OCC)c(OC)c1. The Morgan fingerprint density at radius 2 is 1.77 bits per heavy atom. The maximum atomic E-state index is 12.9. The summed E-state index contributed by atoms with van der Waals surface area (Å²) in [5.74, 6) is 2.09. The largest absolute Gasteiger partial charge is 0.493 e. The molecule has 2 aromatic carbocycles. The lowest BCUT2D eigenvalue weighted by Crippen LogP contribution is -2.33. The number of carbonyl (C=O) groups excluding carboxylic acids is 1. The fourth-order valence-corrected chi connectivity index (χ4v) is 3.80. The van der Waals surface area contributed by atoms with Gasteiger partial charge >= 0.3 is 0 Å². The third kappa shape index (κ3) is 4.64. The van der Waals surface area contributed by atoms with E-state index >= 15 is 0 Å². The van der Waals surface area contributed by atoms with E-state index in [1.54, 1.807) is 44.4 Å². The van der Waals surface area contributed by atoms with Gasteiger partial charge in [-0.05, 0) is 54.8 Å². The van der Waals surface area contributed by atoms with Crippen LogP contribution in [0.15, 0.2) is 36.9 Å². The monoisotopic (exact) mass is 443 g/mol. The summed E-state index contributed by atoms with van der Waals surface area (Å²) in [5.41, 5.74) is 3.29. The number of hydrogen-bond donors (Lipinski definition) is 0. The number of rotatable bonds is 7. The quantitative estimate of drug-likeness (QED) is 0.573. The number of fused-ring (bicyclic) bond motifs is 1. The predicted octanol–water partition coefficient (Wildman–Crippen LogP) is 4.83. The van der Waals surface area contributed by atoms with Gasteiger partial charge in [0.2, 0.25) is 0 Å². The standard InChI is InChI=1S/C24H26ClNO5/c1-6-31-24-19(25)11-16(12-22(24)30-5)7-8-23(27)26-10-9-17-13-20(28-3)21(29-4)14-18(17)15(26)2/h7-8,11-14H,2,6,9-10H2,1,3-5H3/b8-7+. The molecule has 1 heterocycles. The molecule has 3 rings (SSSR count). The smallest absolute Gasteiger partial charge is 0.250 e. The number of nitrogens with zero attached hydrogens (tertiary/aromatic N) is 1. The number of amides is 1. The highest BCUT2D eigenvalue weighted by Gasteiger charge is 2.25. The zero-order chi connectivity index (χ0) is 22.5. The highest BCUT2D eigenvalue weighted by Crippen LogP contribution is 2.38. The van der Waals surface area contributed by atoms with Crippen LogP contribution in [0.25, 0.3) is 11.8 Å². The minimum absolute atomic E-state index is 0.172. The summed E-state index contributed by atoms with van der Waals surface area (Å²) in [6.45, 7) is 7.00. The minimum atomic E-state index is -0.172. The van der Waals surface area contributed by atoms with Crippen LogP contribution in [-0.2, 0) is 11.2 Å². The van der Waals surface area contributed by atoms with Gasteiger partial charge in [0, 0.05) is 23.9 Å². The van der Waals surface area contributed by atoms with Gasteiger partial charge in [0.05, 0.1) is 33.0 Å². The van der Waals surface area contributed by atoms with E-state index < -0.39 is 0 Å². The lowest BCUT2D eigenvalue weighted by molar-refractivity contribution is -0.123. The second-order valence-electron chi connectivity index (χ2n) is 6.85. The summed E-state index contributed by atoms with van der Waals surface area (Å²) in [6, 6.07) is 7.30. The number of methoxy groups -OCH3 is 3. The van der Waals surface area contributed by atoms with Crippen molar-refractivity contribution < 1.29 is 23.7 Å². The number of halogens is 1. The van der Waals surface area contributed by atoms with E-state index in [4.69, 9.17) is 30.5 Å². The molecule has 0 aliphatic carbocycles. The second-order valence-corrected chi connectivity index (χ2v) is 7.26. The average molecular weight is 444 g/mol. The zero-order valence-corrected chi connectivity index (χ0v) is 18.9. The molecule has 0 fully saturated rings. The van der Waals surface area contributed by atoms with Crippen LogP contribution >= 0.6 is 11.6 Å². The molecule has 0 spiro atoms. The van der Waals surface area contributed by atoms with Crippen molar-refractivity contribution in [3.05, 3.63) is 58.6 Å². The fourth-order valence-electron chi connectivity index (χ4n) is 3.53. The zero-order valence-electron chi connectivity index (χ0n) is 18.2. The van der Waals surface area contributed by atoms with Gasteiger partial charge in [0.1, 0.15) is 0 Å². The van der Waals surface area contributed by atoms with Crippen molar-refractivity contribution in [2.75, 3.05) is 34.5 Å². The van der Waals surface area contributed by atoms with Crippen molar-refractivity contribution in [3.63, 3.8) is 0 Å². The third-order valence-electron chi connectivity index (χ3n) is 5.08. The van der Waals surface area contributed by atoms with Gasteiger partial charge in [0.25, 0.3) is 5.91 Å². The van der Waals surface area contributed by atoms with E-state index in [1.807, 2.05) is 19.1 Å². The Bertz CT molecular complexity index is 1030. The van der Waals surface area contributed by atoms with E-state index in [9.17, 15) is 4.79 Å². The molecule has 0 atom stereocenters. The molecule has 7 heteroatoms. The van der Waals surface area contributed by atoms with E-state index in [0.717, 1.165) is 16.7 Å². The molecule has 0 bridgehead atoms. The molecular weight excluding hydrogens is 418 g/mol. The maximum Gasteiger partial charge on any atom is 0.250 e. The number of benzene rings is 2. The molecule has 0 saturated heterocycles. The van der Waals surface area contributed by atoms with E-state index in [0.29, 0.717) is 53.3 Å². The van der Waals surface area contributed by atoms with Crippen LogP contribution < -0.4 is 18.9 Å². The molecule has 6 nitrogen and oxygen atoms in total. The van der Waals surface area contributed by atoms with Crippen molar-refractivity contribution in [3.8, 4) is 23.0 Å². The molecule has 0 saturated carbocycles. The van der Waals surface area contributed by atoms with Gasteiger partial charge in [-0.2, -0.15) is 0 Å². The normalized spacial score (nSPS) is 13.2. The Morgan fingerprint density at radius 3 is 2.42 bits per heavy atom. The average Bonchev–Trinajstić information content (AvgIpc) is 2.78.